The molecule has 1 aliphatic heterocycles. The van der Waals surface area contributed by atoms with Crippen LogP contribution in [0.3, 0.4) is 0 Å². The number of aromatic nitrogens is 2. The first-order chi connectivity index (χ1) is 9.87. The lowest BCUT2D eigenvalue weighted by atomic mass is 10.1. The Balaban J connectivity index is 2.04. The predicted molar refractivity (Wildman–Crippen MR) is 86.7 cm³/mol. The zero-order valence-corrected chi connectivity index (χ0v) is 13.5. The number of nitrogens with zero attached hydrogens (tertiary/aromatic N) is 2. The quantitative estimate of drug-likeness (QED) is 0.781. The second kappa shape index (κ2) is 4.88. The maximum Gasteiger partial charge on any atom is 0.211 e. The molecule has 108 valence electrons. The van der Waals surface area contributed by atoms with Crippen LogP contribution in [0.15, 0.2) is 41.7 Å². The lowest BCUT2D eigenvalue weighted by Gasteiger charge is -2.27. The number of rotatable bonds is 2. The molecule has 0 amide bonds. The summed E-state index contributed by atoms with van der Waals surface area (Å²) >= 11 is 1.68. The van der Waals surface area contributed by atoms with E-state index in [4.69, 9.17) is 0 Å². The lowest BCUT2D eigenvalue weighted by Crippen LogP contribution is -2.20. The van der Waals surface area contributed by atoms with Gasteiger partial charge >= 0.3 is 0 Å². The van der Waals surface area contributed by atoms with Gasteiger partial charge in [-0.15, -0.1) is 0 Å². The molecule has 2 heterocycles. The summed E-state index contributed by atoms with van der Waals surface area (Å²) in [5, 5.41) is 0.885. The largest absolute Gasteiger partial charge is 0.289 e. The fraction of sp³-hybridized carbons (Fsp3) is 0.294. The second-order valence-corrected chi connectivity index (χ2v) is 7.57. The highest BCUT2D eigenvalue weighted by Gasteiger charge is 2.29. The lowest BCUT2D eigenvalue weighted by molar-refractivity contribution is 0.103. The fourth-order valence-corrected chi connectivity index (χ4v) is 3.73. The SMILES string of the molecule is CC1=CC(C)(C)Sc2ncc(C(=O)c3ccc(C)cc3)n21. The summed E-state index contributed by atoms with van der Waals surface area (Å²) in [4.78, 5) is 17.1. The molecule has 0 atom stereocenters. The van der Waals surface area contributed by atoms with Crippen LogP contribution < -0.4 is 0 Å². The summed E-state index contributed by atoms with van der Waals surface area (Å²) in [6.45, 7) is 8.35. The number of aryl methyl sites for hydroxylation is 1. The Kier molecular flexibility index (Phi) is 3.29. The van der Waals surface area contributed by atoms with Crippen LogP contribution >= 0.6 is 11.8 Å². The molecule has 0 bridgehead atoms. The Bertz CT molecular complexity index is 739. The fourth-order valence-electron chi connectivity index (χ4n) is 2.59. The topological polar surface area (TPSA) is 34.9 Å². The van der Waals surface area contributed by atoms with Gasteiger partial charge in [-0.1, -0.05) is 41.6 Å². The van der Waals surface area contributed by atoms with E-state index in [0.29, 0.717) is 11.3 Å². The van der Waals surface area contributed by atoms with Crippen LogP contribution in [-0.2, 0) is 0 Å². The van der Waals surface area contributed by atoms with E-state index >= 15 is 0 Å². The maximum atomic E-state index is 12.7. The van der Waals surface area contributed by atoms with Crippen molar-refractivity contribution in [3.05, 3.63) is 53.4 Å². The highest BCUT2D eigenvalue weighted by atomic mass is 32.2. The predicted octanol–water partition coefficient (Wildman–Crippen LogP) is 4.17. The van der Waals surface area contributed by atoms with Gasteiger partial charge in [0.2, 0.25) is 5.78 Å². The molecule has 1 aliphatic rings. The molecule has 0 spiro atoms. The average Bonchev–Trinajstić information content (AvgIpc) is 2.81. The van der Waals surface area contributed by atoms with Crippen LogP contribution in [0.2, 0.25) is 0 Å². The first-order valence-electron chi connectivity index (χ1n) is 6.95. The molecule has 1 aromatic carbocycles. The van der Waals surface area contributed by atoms with Gasteiger partial charge < -0.3 is 0 Å². The normalized spacial score (nSPS) is 16.3. The summed E-state index contributed by atoms with van der Waals surface area (Å²) in [6, 6.07) is 7.66. The van der Waals surface area contributed by atoms with Crippen LogP contribution in [0, 0.1) is 6.92 Å². The molecule has 21 heavy (non-hydrogen) atoms. The van der Waals surface area contributed by atoms with E-state index in [1.54, 1.807) is 18.0 Å². The standard InChI is InChI=1S/C17H18N2OS/c1-11-5-7-13(8-6-11)15(20)14-10-18-16-19(14)12(2)9-17(3,4)21-16/h5-10H,1-4H3. The van der Waals surface area contributed by atoms with Gasteiger partial charge in [0.1, 0.15) is 5.69 Å². The van der Waals surface area contributed by atoms with E-state index in [9.17, 15) is 4.79 Å². The number of thioether (sulfide) groups is 1. The molecule has 0 saturated carbocycles. The van der Waals surface area contributed by atoms with Crippen LogP contribution in [0.1, 0.15) is 42.4 Å². The first kappa shape index (κ1) is 14.1. The zero-order chi connectivity index (χ0) is 15.2. The van der Waals surface area contributed by atoms with E-state index in [1.807, 2.05) is 42.7 Å². The molecule has 0 aliphatic carbocycles. The number of carbonyl (C=O) groups excluding carboxylic acids is 1. The van der Waals surface area contributed by atoms with E-state index in [-0.39, 0.29) is 10.5 Å². The smallest absolute Gasteiger partial charge is 0.211 e. The summed E-state index contributed by atoms with van der Waals surface area (Å²) in [5.74, 6) is 0.0156. The highest BCUT2D eigenvalue weighted by molar-refractivity contribution is 8.00. The Hall–Kier alpha value is -1.81. The van der Waals surface area contributed by atoms with Gasteiger partial charge in [-0.3, -0.25) is 9.36 Å². The number of allylic oxidation sites excluding steroid dienone is 1. The summed E-state index contributed by atoms with van der Waals surface area (Å²) in [6.07, 6.45) is 3.86. The van der Waals surface area contributed by atoms with Crippen molar-refractivity contribution in [1.82, 2.24) is 9.55 Å². The van der Waals surface area contributed by atoms with Crippen LogP contribution in [0.4, 0.5) is 0 Å². The van der Waals surface area contributed by atoms with Crippen molar-refractivity contribution in [3.63, 3.8) is 0 Å². The first-order valence-corrected chi connectivity index (χ1v) is 7.77. The minimum atomic E-state index is 0.00954. The van der Waals surface area contributed by atoms with E-state index < -0.39 is 0 Å². The van der Waals surface area contributed by atoms with Crippen molar-refractivity contribution in [2.75, 3.05) is 0 Å². The van der Waals surface area contributed by atoms with Crippen molar-refractivity contribution in [2.24, 2.45) is 0 Å². The van der Waals surface area contributed by atoms with Gasteiger partial charge in [0, 0.05) is 16.0 Å². The van der Waals surface area contributed by atoms with Gasteiger partial charge in [0.25, 0.3) is 0 Å². The monoisotopic (exact) mass is 298 g/mol. The molecular formula is C17H18N2OS. The van der Waals surface area contributed by atoms with Crippen LogP contribution in [0.25, 0.3) is 5.70 Å². The zero-order valence-electron chi connectivity index (χ0n) is 12.7. The number of benzene rings is 1. The average molecular weight is 298 g/mol. The van der Waals surface area contributed by atoms with E-state index in [2.05, 4.69) is 24.9 Å². The molecule has 0 unspecified atom stereocenters. The molecule has 0 N–H and O–H groups in total. The number of carbonyl (C=O) groups is 1. The van der Waals surface area contributed by atoms with Crippen LogP contribution in [-0.4, -0.2) is 20.1 Å². The van der Waals surface area contributed by atoms with Crippen LogP contribution in [0.5, 0.6) is 0 Å². The molecule has 0 radical (unpaired) electrons. The second-order valence-electron chi connectivity index (χ2n) is 5.95. The third-order valence-electron chi connectivity index (χ3n) is 3.54. The van der Waals surface area contributed by atoms with Gasteiger partial charge in [-0.05, 0) is 33.8 Å². The van der Waals surface area contributed by atoms with E-state index in [1.165, 1.54) is 0 Å². The Morgan fingerprint density at radius 1 is 1.19 bits per heavy atom. The molecule has 0 fully saturated rings. The highest BCUT2D eigenvalue weighted by Crippen LogP contribution is 2.40. The van der Waals surface area contributed by atoms with E-state index in [0.717, 1.165) is 16.4 Å². The minimum absolute atomic E-state index is 0.00954. The van der Waals surface area contributed by atoms with Crippen molar-refractivity contribution in [1.29, 1.82) is 0 Å². The summed E-state index contributed by atoms with van der Waals surface area (Å²) in [7, 11) is 0. The van der Waals surface area contributed by atoms with Gasteiger partial charge in [0.15, 0.2) is 5.16 Å². The molecule has 4 heteroatoms. The van der Waals surface area contributed by atoms with Crippen molar-refractivity contribution in [2.45, 2.75) is 37.6 Å². The third kappa shape index (κ3) is 2.56. The minimum Gasteiger partial charge on any atom is -0.289 e. The number of hydrogen-bond donors (Lipinski definition) is 0. The van der Waals surface area contributed by atoms with Gasteiger partial charge in [-0.2, -0.15) is 0 Å². The van der Waals surface area contributed by atoms with Gasteiger partial charge in [-0.25, -0.2) is 4.98 Å². The summed E-state index contributed by atoms with van der Waals surface area (Å²) < 4.78 is 1.97. The number of fused-ring (bicyclic) bond motifs is 1. The van der Waals surface area contributed by atoms with Crippen molar-refractivity contribution < 1.29 is 4.79 Å². The number of ketones is 1. The van der Waals surface area contributed by atoms with Crippen molar-refractivity contribution in [3.8, 4) is 0 Å². The molecule has 2 aromatic rings. The van der Waals surface area contributed by atoms with Crippen molar-refractivity contribution >= 4 is 23.2 Å². The van der Waals surface area contributed by atoms with Gasteiger partial charge in [0.05, 0.1) is 6.20 Å². The molecular weight excluding hydrogens is 280 g/mol. The maximum absolute atomic E-state index is 12.7. The molecule has 0 saturated heterocycles. The number of imidazole rings is 1. The number of hydrogen-bond acceptors (Lipinski definition) is 3. The Morgan fingerprint density at radius 2 is 1.86 bits per heavy atom. The molecule has 3 rings (SSSR count). The molecule has 1 aromatic heterocycles. The Morgan fingerprint density at radius 3 is 2.52 bits per heavy atom. The summed E-state index contributed by atoms with van der Waals surface area (Å²) in [5.41, 5.74) is 3.54. The third-order valence-corrected chi connectivity index (χ3v) is 4.65. The molecule has 3 nitrogen and oxygen atoms in total. The Labute approximate surface area is 129 Å².